The van der Waals surface area contributed by atoms with Gasteiger partial charge in [0.25, 0.3) is 0 Å². The third-order valence-electron chi connectivity index (χ3n) is 5.82. The summed E-state index contributed by atoms with van der Waals surface area (Å²) in [5.74, 6) is 0. The van der Waals surface area contributed by atoms with Gasteiger partial charge in [0.15, 0.2) is 8.32 Å². The Balaban J connectivity index is 2.28. The van der Waals surface area contributed by atoms with Crippen molar-refractivity contribution in [1.82, 2.24) is 10.3 Å². The average Bonchev–Trinajstić information content (AvgIpc) is 2.60. The van der Waals surface area contributed by atoms with Crippen molar-refractivity contribution in [2.24, 2.45) is 0 Å². The van der Waals surface area contributed by atoms with Crippen LogP contribution in [0.3, 0.4) is 0 Å². The van der Waals surface area contributed by atoms with Crippen LogP contribution >= 0.6 is 0 Å². The number of ether oxygens (including phenoxy) is 1. The van der Waals surface area contributed by atoms with Gasteiger partial charge in [0.05, 0.1) is 17.1 Å². The van der Waals surface area contributed by atoms with Crippen molar-refractivity contribution >= 4 is 25.8 Å². The Morgan fingerprint density at radius 3 is 2.48 bits per heavy atom. The lowest BCUT2D eigenvalue weighted by Crippen LogP contribution is -2.59. The standard InChI is InChI=1S/C21H36N4O5Si/c1-20(2,3)29-19(26)23-15-14-24(16-9-11-22-13-17(16)25(27)28)12-10-18(15)30-31(7,8)21(4,5)6/h9,11,13,15,18H,10,12,14H2,1-8H3,(H,23,26)/t15-,18-/m0/s1. The maximum atomic E-state index is 12.5. The van der Waals surface area contributed by atoms with Gasteiger partial charge in [0, 0.05) is 19.3 Å². The van der Waals surface area contributed by atoms with Crippen LogP contribution in [0.15, 0.2) is 18.5 Å². The van der Waals surface area contributed by atoms with E-state index in [2.05, 4.69) is 44.2 Å². The van der Waals surface area contributed by atoms with E-state index in [0.717, 1.165) is 0 Å². The SMILES string of the molecule is CC(C)(C)OC(=O)N[C@H]1CN(c2ccncc2[N+](=O)[O-])CC[C@@H]1O[Si](C)(C)C(C)(C)C. The fraction of sp³-hybridized carbons (Fsp3) is 0.714. The number of nitrogens with zero attached hydrogens (tertiary/aromatic N) is 3. The number of carbonyl (C=O) groups is 1. The second-order valence-corrected chi connectivity index (χ2v) is 15.3. The molecule has 1 fully saturated rings. The molecule has 2 rings (SSSR count). The molecule has 174 valence electrons. The quantitative estimate of drug-likeness (QED) is 0.398. The molecule has 1 N–H and O–H groups in total. The molecule has 1 amide bonds. The summed E-state index contributed by atoms with van der Waals surface area (Å²) in [6.45, 7) is 17.3. The van der Waals surface area contributed by atoms with E-state index in [1.54, 1.807) is 6.07 Å². The van der Waals surface area contributed by atoms with Gasteiger partial charge in [0.2, 0.25) is 0 Å². The van der Waals surface area contributed by atoms with Gasteiger partial charge in [-0.3, -0.25) is 15.1 Å². The van der Waals surface area contributed by atoms with E-state index in [9.17, 15) is 14.9 Å². The first-order chi connectivity index (χ1) is 14.1. The summed E-state index contributed by atoms with van der Waals surface area (Å²) < 4.78 is 12.1. The van der Waals surface area contributed by atoms with Crippen LogP contribution in [0.1, 0.15) is 48.0 Å². The number of aromatic nitrogens is 1. The van der Waals surface area contributed by atoms with Crippen molar-refractivity contribution in [2.45, 2.75) is 83.8 Å². The van der Waals surface area contributed by atoms with E-state index in [-0.39, 0.29) is 22.9 Å². The fourth-order valence-corrected chi connectivity index (χ4v) is 4.62. The number of nitrogens with one attached hydrogen (secondary N) is 1. The molecule has 0 unspecified atom stereocenters. The van der Waals surface area contributed by atoms with Crippen LogP contribution in [0.25, 0.3) is 0 Å². The van der Waals surface area contributed by atoms with Crippen LogP contribution in [0.4, 0.5) is 16.2 Å². The molecule has 1 aliphatic rings. The number of anilines is 1. The first-order valence-corrected chi connectivity index (χ1v) is 13.5. The highest BCUT2D eigenvalue weighted by atomic mass is 28.4. The lowest BCUT2D eigenvalue weighted by Gasteiger charge is -2.45. The number of rotatable bonds is 5. The number of hydrogen-bond donors (Lipinski definition) is 1. The molecule has 0 aromatic carbocycles. The van der Waals surface area contributed by atoms with Gasteiger partial charge in [-0.1, -0.05) is 20.8 Å². The number of nitro groups is 1. The number of hydrogen-bond acceptors (Lipinski definition) is 7. The van der Waals surface area contributed by atoms with Crippen molar-refractivity contribution in [3.05, 3.63) is 28.6 Å². The minimum absolute atomic E-state index is 0.0183. The lowest BCUT2D eigenvalue weighted by molar-refractivity contribution is -0.384. The van der Waals surface area contributed by atoms with Gasteiger partial charge in [-0.2, -0.15) is 0 Å². The lowest BCUT2D eigenvalue weighted by atomic mass is 10.0. The maximum Gasteiger partial charge on any atom is 0.408 e. The second kappa shape index (κ2) is 9.11. The zero-order valence-corrected chi connectivity index (χ0v) is 20.9. The summed E-state index contributed by atoms with van der Waals surface area (Å²) >= 11 is 0. The largest absolute Gasteiger partial charge is 0.444 e. The van der Waals surface area contributed by atoms with Crippen molar-refractivity contribution in [3.63, 3.8) is 0 Å². The molecule has 0 spiro atoms. The van der Waals surface area contributed by atoms with Gasteiger partial charge in [0.1, 0.15) is 17.5 Å². The molecule has 1 aromatic heterocycles. The monoisotopic (exact) mass is 452 g/mol. The zero-order valence-electron chi connectivity index (χ0n) is 19.9. The Labute approximate surface area is 185 Å². The molecule has 9 nitrogen and oxygen atoms in total. The number of carbonyl (C=O) groups excluding carboxylic acids is 1. The Kier molecular flexibility index (Phi) is 7.37. The molecule has 31 heavy (non-hydrogen) atoms. The second-order valence-electron chi connectivity index (χ2n) is 10.5. The van der Waals surface area contributed by atoms with E-state index < -0.39 is 24.9 Å². The zero-order chi connectivity index (χ0) is 23.6. The summed E-state index contributed by atoms with van der Waals surface area (Å²) in [4.78, 5) is 29.4. The predicted molar refractivity (Wildman–Crippen MR) is 123 cm³/mol. The fourth-order valence-electron chi connectivity index (χ4n) is 3.23. The summed E-state index contributed by atoms with van der Waals surface area (Å²) in [7, 11) is -2.09. The van der Waals surface area contributed by atoms with Crippen LogP contribution in [0.2, 0.25) is 18.1 Å². The molecule has 1 aromatic rings. The van der Waals surface area contributed by atoms with E-state index in [1.165, 1.54) is 12.4 Å². The Morgan fingerprint density at radius 2 is 1.94 bits per heavy atom. The molecule has 0 aliphatic carbocycles. The third-order valence-corrected chi connectivity index (χ3v) is 10.3. The summed E-state index contributed by atoms with van der Waals surface area (Å²) in [6.07, 6.45) is 2.70. The molecular formula is C21H36N4O5Si. The minimum atomic E-state index is -2.09. The average molecular weight is 453 g/mol. The number of alkyl carbamates (subject to hydrolysis) is 1. The molecule has 0 saturated carbocycles. The predicted octanol–water partition coefficient (Wildman–Crippen LogP) is 4.48. The topological polar surface area (TPSA) is 107 Å². The van der Waals surface area contributed by atoms with Crippen LogP contribution in [0, 0.1) is 10.1 Å². The first-order valence-electron chi connectivity index (χ1n) is 10.6. The number of amides is 1. The van der Waals surface area contributed by atoms with Gasteiger partial charge in [-0.25, -0.2) is 4.79 Å². The van der Waals surface area contributed by atoms with E-state index in [0.29, 0.717) is 25.2 Å². The van der Waals surface area contributed by atoms with Gasteiger partial charge in [-0.05, 0) is 51.4 Å². The highest BCUT2D eigenvalue weighted by Gasteiger charge is 2.43. The van der Waals surface area contributed by atoms with Crippen LogP contribution < -0.4 is 10.2 Å². The van der Waals surface area contributed by atoms with Gasteiger partial charge >= 0.3 is 11.8 Å². The van der Waals surface area contributed by atoms with Crippen LogP contribution in [-0.2, 0) is 9.16 Å². The minimum Gasteiger partial charge on any atom is -0.444 e. The smallest absolute Gasteiger partial charge is 0.408 e. The van der Waals surface area contributed by atoms with Crippen molar-refractivity contribution < 1.29 is 18.9 Å². The molecular weight excluding hydrogens is 416 g/mol. The maximum absolute atomic E-state index is 12.5. The summed E-state index contributed by atoms with van der Waals surface area (Å²) in [6, 6.07) is 1.27. The van der Waals surface area contributed by atoms with Crippen molar-refractivity contribution in [2.75, 3.05) is 18.0 Å². The van der Waals surface area contributed by atoms with Crippen molar-refractivity contribution in [3.8, 4) is 0 Å². The molecule has 1 saturated heterocycles. The van der Waals surface area contributed by atoms with E-state index in [4.69, 9.17) is 9.16 Å². The van der Waals surface area contributed by atoms with Gasteiger partial charge < -0.3 is 19.4 Å². The molecule has 2 atom stereocenters. The van der Waals surface area contributed by atoms with Crippen molar-refractivity contribution in [1.29, 1.82) is 0 Å². The number of pyridine rings is 1. The highest BCUT2D eigenvalue weighted by Crippen LogP contribution is 2.39. The Hall–Kier alpha value is -2.20. The molecule has 2 heterocycles. The van der Waals surface area contributed by atoms with Crippen LogP contribution in [-0.4, -0.2) is 55.2 Å². The van der Waals surface area contributed by atoms with E-state index in [1.807, 2.05) is 25.7 Å². The summed E-state index contributed by atoms with van der Waals surface area (Å²) in [5, 5.41) is 14.4. The number of piperidine rings is 1. The van der Waals surface area contributed by atoms with Crippen LogP contribution in [0.5, 0.6) is 0 Å². The molecule has 10 heteroatoms. The highest BCUT2D eigenvalue weighted by molar-refractivity contribution is 6.74. The molecule has 1 aliphatic heterocycles. The third kappa shape index (κ3) is 6.64. The molecule has 0 bridgehead atoms. The normalized spacial score (nSPS) is 20.3. The Morgan fingerprint density at radius 1 is 1.29 bits per heavy atom. The summed E-state index contributed by atoms with van der Waals surface area (Å²) in [5.41, 5.74) is -0.193. The first kappa shape index (κ1) is 25.1. The Bertz CT molecular complexity index is 804. The van der Waals surface area contributed by atoms with E-state index >= 15 is 0 Å². The molecule has 0 radical (unpaired) electrons. The van der Waals surface area contributed by atoms with Gasteiger partial charge in [-0.15, -0.1) is 0 Å².